The molecule has 0 radical (unpaired) electrons. The van der Waals surface area contributed by atoms with E-state index in [-0.39, 0.29) is 12.1 Å². The second-order valence-electron chi connectivity index (χ2n) is 6.20. The predicted octanol–water partition coefficient (Wildman–Crippen LogP) is 6.28. The molecule has 0 saturated heterocycles. The molecule has 4 nitrogen and oxygen atoms in total. The van der Waals surface area contributed by atoms with Crippen LogP contribution in [0.1, 0.15) is 5.69 Å². The molecular formula is C21H12F6N2O2. The summed E-state index contributed by atoms with van der Waals surface area (Å²) in [6.45, 7) is 0. The van der Waals surface area contributed by atoms with E-state index < -0.39 is 24.2 Å². The van der Waals surface area contributed by atoms with Crippen LogP contribution in [0.3, 0.4) is 0 Å². The predicted molar refractivity (Wildman–Crippen MR) is 97.8 cm³/mol. The smallest absolute Gasteiger partial charge is 0.406 e. The molecule has 160 valence electrons. The van der Waals surface area contributed by atoms with Gasteiger partial charge >= 0.3 is 12.7 Å². The number of benzene rings is 2. The number of hydrogen-bond acceptors (Lipinski definition) is 4. The number of pyridine rings is 1. The molecular weight excluding hydrogens is 426 g/mol. The summed E-state index contributed by atoms with van der Waals surface area (Å²) in [6.07, 6.45) is -8.51. The van der Waals surface area contributed by atoms with Gasteiger partial charge in [-0.25, -0.2) is 0 Å². The number of aromatic nitrogens is 1. The third-order valence-corrected chi connectivity index (χ3v) is 4.00. The Labute approximate surface area is 172 Å². The van der Waals surface area contributed by atoms with Gasteiger partial charge in [-0.2, -0.15) is 5.26 Å². The molecule has 31 heavy (non-hydrogen) atoms. The van der Waals surface area contributed by atoms with Crippen molar-refractivity contribution in [2.24, 2.45) is 0 Å². The zero-order valence-electron chi connectivity index (χ0n) is 15.5. The first kappa shape index (κ1) is 22.0. The van der Waals surface area contributed by atoms with E-state index in [1.165, 1.54) is 36.5 Å². The largest absolute Gasteiger partial charge is 0.573 e. The lowest BCUT2D eigenvalue weighted by molar-refractivity contribution is -0.275. The molecule has 2 aromatic carbocycles. The molecule has 0 spiro atoms. The Bertz CT molecular complexity index is 1120. The van der Waals surface area contributed by atoms with Crippen molar-refractivity contribution in [2.45, 2.75) is 19.1 Å². The normalized spacial score (nSPS) is 11.6. The Morgan fingerprint density at radius 3 is 1.87 bits per heavy atom. The number of nitrogens with zero attached hydrogens (tertiary/aromatic N) is 2. The lowest BCUT2D eigenvalue weighted by Crippen LogP contribution is -2.17. The van der Waals surface area contributed by atoms with Crippen LogP contribution in [0, 0.1) is 11.3 Å². The van der Waals surface area contributed by atoms with Gasteiger partial charge in [0, 0.05) is 17.3 Å². The number of hydrogen-bond donors (Lipinski definition) is 0. The van der Waals surface area contributed by atoms with Crippen LogP contribution in [-0.4, -0.2) is 17.7 Å². The Morgan fingerprint density at radius 1 is 0.774 bits per heavy atom. The number of nitriles is 1. The lowest BCUT2D eigenvalue weighted by atomic mass is 9.98. The number of halogens is 6. The van der Waals surface area contributed by atoms with Crippen LogP contribution >= 0.6 is 0 Å². The molecule has 3 aromatic rings. The van der Waals surface area contributed by atoms with Crippen LogP contribution in [-0.2, 0) is 6.42 Å². The lowest BCUT2D eigenvalue weighted by Gasteiger charge is -2.13. The molecule has 0 amide bonds. The summed E-state index contributed by atoms with van der Waals surface area (Å²) in [4.78, 5) is 4.18. The van der Waals surface area contributed by atoms with Crippen LogP contribution in [0.25, 0.3) is 22.3 Å². The highest BCUT2D eigenvalue weighted by Crippen LogP contribution is 2.33. The standard InChI is InChI=1S/C21H12F6N2O2/c22-20(23,24)30-16-5-1-3-13(9-16)15-11-18(19(7-8-28)29-12-15)14-4-2-6-17(10-14)31-21(25,26)27/h1-6,9-12H,7H2. The fourth-order valence-electron chi connectivity index (χ4n) is 2.85. The molecule has 0 aliphatic heterocycles. The van der Waals surface area contributed by atoms with E-state index in [0.29, 0.717) is 22.3 Å². The summed E-state index contributed by atoms with van der Waals surface area (Å²) < 4.78 is 83.0. The zero-order chi connectivity index (χ0) is 22.6. The van der Waals surface area contributed by atoms with Gasteiger partial charge in [-0.15, -0.1) is 26.3 Å². The molecule has 0 saturated carbocycles. The van der Waals surface area contributed by atoms with Crippen molar-refractivity contribution in [2.75, 3.05) is 0 Å². The van der Waals surface area contributed by atoms with Crippen LogP contribution in [0.5, 0.6) is 11.5 Å². The summed E-state index contributed by atoms with van der Waals surface area (Å²) in [5.74, 6) is -0.896. The maximum Gasteiger partial charge on any atom is 0.573 e. The Kier molecular flexibility index (Phi) is 6.06. The van der Waals surface area contributed by atoms with E-state index in [2.05, 4.69) is 14.5 Å². The average molecular weight is 438 g/mol. The van der Waals surface area contributed by atoms with Crippen molar-refractivity contribution in [1.29, 1.82) is 5.26 Å². The molecule has 0 N–H and O–H groups in total. The fourth-order valence-corrected chi connectivity index (χ4v) is 2.85. The second kappa shape index (κ2) is 8.55. The summed E-state index contributed by atoms with van der Waals surface area (Å²) in [6, 6.07) is 13.7. The minimum Gasteiger partial charge on any atom is -0.406 e. The highest BCUT2D eigenvalue weighted by molar-refractivity contribution is 5.75. The van der Waals surface area contributed by atoms with E-state index in [1.54, 1.807) is 0 Å². The summed E-state index contributed by atoms with van der Waals surface area (Å²) in [5, 5.41) is 9.04. The number of ether oxygens (including phenoxy) is 2. The van der Waals surface area contributed by atoms with Crippen molar-refractivity contribution < 1.29 is 35.8 Å². The fraction of sp³-hybridized carbons (Fsp3) is 0.143. The Hall–Kier alpha value is -3.74. The van der Waals surface area contributed by atoms with Crippen molar-refractivity contribution >= 4 is 0 Å². The number of rotatable bonds is 5. The second-order valence-corrected chi connectivity index (χ2v) is 6.20. The van der Waals surface area contributed by atoms with Crippen LogP contribution in [0.15, 0.2) is 60.8 Å². The zero-order valence-corrected chi connectivity index (χ0v) is 15.5. The van der Waals surface area contributed by atoms with Gasteiger partial charge < -0.3 is 9.47 Å². The first-order valence-electron chi connectivity index (χ1n) is 8.62. The van der Waals surface area contributed by atoms with E-state index in [0.717, 1.165) is 24.3 Å². The summed E-state index contributed by atoms with van der Waals surface area (Å²) in [7, 11) is 0. The highest BCUT2D eigenvalue weighted by Gasteiger charge is 2.32. The molecule has 10 heteroatoms. The van der Waals surface area contributed by atoms with E-state index in [9.17, 15) is 26.3 Å². The summed E-state index contributed by atoms with van der Waals surface area (Å²) in [5.41, 5.74) is 1.64. The first-order chi connectivity index (χ1) is 14.5. The van der Waals surface area contributed by atoms with E-state index in [4.69, 9.17) is 5.26 Å². The summed E-state index contributed by atoms with van der Waals surface area (Å²) >= 11 is 0. The molecule has 0 unspecified atom stereocenters. The van der Waals surface area contributed by atoms with Gasteiger partial charge in [-0.05, 0) is 41.5 Å². The monoisotopic (exact) mass is 438 g/mol. The third kappa shape index (κ3) is 6.12. The van der Waals surface area contributed by atoms with Gasteiger partial charge in [-0.1, -0.05) is 24.3 Å². The Balaban J connectivity index is 2.04. The highest BCUT2D eigenvalue weighted by atomic mass is 19.4. The number of alkyl halides is 6. The van der Waals surface area contributed by atoms with Gasteiger partial charge in [0.2, 0.25) is 0 Å². The molecule has 0 bridgehead atoms. The van der Waals surface area contributed by atoms with Crippen molar-refractivity contribution in [3.05, 3.63) is 66.5 Å². The van der Waals surface area contributed by atoms with Crippen LogP contribution in [0.2, 0.25) is 0 Å². The van der Waals surface area contributed by atoms with Gasteiger partial charge in [0.05, 0.1) is 18.2 Å². The third-order valence-electron chi connectivity index (χ3n) is 4.00. The quantitative estimate of drug-likeness (QED) is 0.440. The average Bonchev–Trinajstić information content (AvgIpc) is 2.66. The van der Waals surface area contributed by atoms with Crippen LogP contribution < -0.4 is 9.47 Å². The maximum absolute atomic E-state index is 12.5. The van der Waals surface area contributed by atoms with Crippen molar-refractivity contribution in [1.82, 2.24) is 4.98 Å². The molecule has 3 rings (SSSR count). The van der Waals surface area contributed by atoms with Gasteiger partial charge in [0.1, 0.15) is 11.5 Å². The molecule has 0 aliphatic carbocycles. The van der Waals surface area contributed by atoms with Gasteiger partial charge in [0.25, 0.3) is 0 Å². The molecule has 1 aromatic heterocycles. The van der Waals surface area contributed by atoms with E-state index in [1.807, 2.05) is 6.07 Å². The minimum atomic E-state index is -4.88. The van der Waals surface area contributed by atoms with Crippen molar-refractivity contribution in [3.63, 3.8) is 0 Å². The van der Waals surface area contributed by atoms with E-state index >= 15 is 0 Å². The molecule has 0 atom stereocenters. The maximum atomic E-state index is 12.5. The Morgan fingerprint density at radius 2 is 1.32 bits per heavy atom. The van der Waals surface area contributed by atoms with Crippen LogP contribution in [0.4, 0.5) is 26.3 Å². The molecule has 0 fully saturated rings. The van der Waals surface area contributed by atoms with Gasteiger partial charge in [-0.3, -0.25) is 4.98 Å². The topological polar surface area (TPSA) is 55.1 Å². The molecule has 1 heterocycles. The van der Waals surface area contributed by atoms with Gasteiger partial charge in [0.15, 0.2) is 0 Å². The SMILES string of the molecule is N#CCc1ncc(-c2cccc(OC(F)(F)F)c2)cc1-c1cccc(OC(F)(F)F)c1. The first-order valence-corrected chi connectivity index (χ1v) is 8.62. The van der Waals surface area contributed by atoms with Crippen molar-refractivity contribution in [3.8, 4) is 39.8 Å². The minimum absolute atomic E-state index is 0.128. The molecule has 0 aliphatic rings.